The summed E-state index contributed by atoms with van der Waals surface area (Å²) >= 11 is 0. The summed E-state index contributed by atoms with van der Waals surface area (Å²) in [7, 11) is 0. The van der Waals surface area contributed by atoms with Crippen LogP contribution < -0.4 is 9.80 Å². The lowest BCUT2D eigenvalue weighted by Gasteiger charge is -2.31. The van der Waals surface area contributed by atoms with Crippen LogP contribution in [0, 0.1) is 0 Å². The van der Waals surface area contributed by atoms with Crippen molar-refractivity contribution in [1.82, 2.24) is 0 Å². The van der Waals surface area contributed by atoms with Crippen LogP contribution in [0.1, 0.15) is 25.0 Å². The zero-order chi connectivity index (χ0) is 39.8. The van der Waals surface area contributed by atoms with Crippen LogP contribution in [0.25, 0.3) is 44.5 Å². The molecule has 59 heavy (non-hydrogen) atoms. The van der Waals surface area contributed by atoms with Gasteiger partial charge in [0, 0.05) is 45.0 Å². The van der Waals surface area contributed by atoms with E-state index < -0.39 is 0 Å². The van der Waals surface area contributed by atoms with Crippen LogP contribution in [0.3, 0.4) is 0 Å². The second kappa shape index (κ2) is 15.2. The molecule has 0 saturated heterocycles. The van der Waals surface area contributed by atoms with E-state index in [9.17, 15) is 0 Å². The molecule has 10 rings (SSSR count). The molecule has 0 aliphatic heterocycles. The molecule has 1 aliphatic carbocycles. The van der Waals surface area contributed by atoms with Crippen LogP contribution in [0.4, 0.5) is 34.1 Å². The molecule has 0 spiro atoms. The van der Waals surface area contributed by atoms with Crippen LogP contribution >= 0.6 is 0 Å². The minimum Gasteiger partial charge on any atom is -0.310 e. The highest BCUT2D eigenvalue weighted by Crippen LogP contribution is 2.51. The van der Waals surface area contributed by atoms with Crippen molar-refractivity contribution < 1.29 is 0 Å². The lowest BCUT2D eigenvalue weighted by molar-refractivity contribution is 0.660. The Balaban J connectivity index is 1.11. The minimum absolute atomic E-state index is 0.0964. The van der Waals surface area contributed by atoms with Gasteiger partial charge in [-0.3, -0.25) is 0 Å². The van der Waals surface area contributed by atoms with Gasteiger partial charge in [-0.1, -0.05) is 184 Å². The van der Waals surface area contributed by atoms with Crippen molar-refractivity contribution in [3.63, 3.8) is 0 Å². The van der Waals surface area contributed by atoms with E-state index in [1.165, 1.54) is 38.9 Å². The molecular formula is C57H44N2. The molecule has 0 fully saturated rings. The number of para-hydroxylation sites is 3. The Bertz CT molecular complexity index is 2860. The van der Waals surface area contributed by atoms with Crippen molar-refractivity contribution in [3.8, 4) is 44.5 Å². The largest absolute Gasteiger partial charge is 0.310 e. The molecule has 282 valence electrons. The Kier molecular flexibility index (Phi) is 9.24. The van der Waals surface area contributed by atoms with E-state index in [0.717, 1.165) is 50.8 Å². The van der Waals surface area contributed by atoms with E-state index in [2.05, 4.69) is 254 Å². The maximum absolute atomic E-state index is 2.42. The van der Waals surface area contributed by atoms with E-state index in [-0.39, 0.29) is 5.41 Å². The Morgan fingerprint density at radius 1 is 0.271 bits per heavy atom. The number of anilines is 6. The summed E-state index contributed by atoms with van der Waals surface area (Å²) in [6.07, 6.45) is 0. The van der Waals surface area contributed by atoms with Gasteiger partial charge < -0.3 is 9.80 Å². The lowest BCUT2D eigenvalue weighted by Crippen LogP contribution is -2.16. The van der Waals surface area contributed by atoms with E-state index in [1.807, 2.05) is 0 Å². The van der Waals surface area contributed by atoms with Crippen molar-refractivity contribution >= 4 is 34.1 Å². The number of hydrogen-bond donors (Lipinski definition) is 0. The van der Waals surface area contributed by atoms with Gasteiger partial charge in [-0.2, -0.15) is 0 Å². The predicted molar refractivity (Wildman–Crippen MR) is 250 cm³/mol. The van der Waals surface area contributed by atoms with Gasteiger partial charge in [0.15, 0.2) is 0 Å². The maximum Gasteiger partial charge on any atom is 0.0618 e. The van der Waals surface area contributed by atoms with Crippen LogP contribution in [0.2, 0.25) is 0 Å². The average Bonchev–Trinajstić information content (AvgIpc) is 3.53. The SMILES string of the molecule is CC1(C)c2ccccc2-c2ccc(N(c3ccccc3)c3ccc(-c4cccc(-c5ccccc5)c4N(c4ccccc4)c4ccc(-c5ccccc5)cc4)cc3)cc21. The quantitative estimate of drug-likeness (QED) is 0.145. The van der Waals surface area contributed by atoms with Gasteiger partial charge in [-0.05, 0) is 105 Å². The molecule has 2 heteroatoms. The van der Waals surface area contributed by atoms with Gasteiger partial charge in [0.2, 0.25) is 0 Å². The number of benzene rings is 9. The first-order chi connectivity index (χ1) is 29.0. The molecule has 0 atom stereocenters. The van der Waals surface area contributed by atoms with Gasteiger partial charge in [0.25, 0.3) is 0 Å². The van der Waals surface area contributed by atoms with Crippen molar-refractivity contribution in [2.24, 2.45) is 0 Å². The van der Waals surface area contributed by atoms with Gasteiger partial charge >= 0.3 is 0 Å². The van der Waals surface area contributed by atoms with Gasteiger partial charge in [0.05, 0.1) is 5.69 Å². The summed E-state index contributed by atoms with van der Waals surface area (Å²) in [5.74, 6) is 0. The van der Waals surface area contributed by atoms with Crippen LogP contribution in [0.15, 0.2) is 231 Å². The van der Waals surface area contributed by atoms with Gasteiger partial charge in [-0.25, -0.2) is 0 Å². The normalized spacial score (nSPS) is 12.4. The molecular weight excluding hydrogens is 713 g/mol. The third-order valence-corrected chi connectivity index (χ3v) is 11.9. The average molecular weight is 757 g/mol. The van der Waals surface area contributed by atoms with Crippen LogP contribution in [0.5, 0.6) is 0 Å². The molecule has 0 heterocycles. The van der Waals surface area contributed by atoms with Crippen molar-refractivity contribution in [3.05, 3.63) is 242 Å². The highest BCUT2D eigenvalue weighted by Gasteiger charge is 2.35. The topological polar surface area (TPSA) is 6.48 Å². The Morgan fingerprint density at radius 2 is 0.661 bits per heavy atom. The van der Waals surface area contributed by atoms with Gasteiger partial charge in [-0.15, -0.1) is 0 Å². The zero-order valence-electron chi connectivity index (χ0n) is 33.3. The summed E-state index contributed by atoms with van der Waals surface area (Å²) < 4.78 is 0. The standard InChI is InChI=1S/C57H44N2/c1-57(2)54-29-16-15-26-52(54)53-39-38-49(40-55(53)57)58(45-22-11-5-12-23-45)47-36-32-44(33-37-47)51-28-17-27-50(43-20-9-4-10-21-43)56(51)59(46-24-13-6-14-25-46)48-34-30-42(31-35-48)41-18-7-3-8-19-41/h3-40H,1-2H3. The number of rotatable bonds is 9. The van der Waals surface area contributed by atoms with E-state index in [1.54, 1.807) is 0 Å². The molecule has 9 aromatic rings. The van der Waals surface area contributed by atoms with Crippen molar-refractivity contribution in [2.45, 2.75) is 19.3 Å². The first-order valence-corrected chi connectivity index (χ1v) is 20.4. The van der Waals surface area contributed by atoms with E-state index in [4.69, 9.17) is 0 Å². The Morgan fingerprint density at radius 3 is 1.27 bits per heavy atom. The molecule has 0 bridgehead atoms. The molecule has 0 saturated carbocycles. The van der Waals surface area contributed by atoms with Gasteiger partial charge in [0.1, 0.15) is 0 Å². The van der Waals surface area contributed by atoms with E-state index >= 15 is 0 Å². The Hall–Kier alpha value is -7.42. The third-order valence-electron chi connectivity index (χ3n) is 11.9. The highest BCUT2D eigenvalue weighted by molar-refractivity contribution is 5.98. The van der Waals surface area contributed by atoms with E-state index in [0.29, 0.717) is 0 Å². The number of fused-ring (bicyclic) bond motifs is 3. The molecule has 0 aromatic heterocycles. The fourth-order valence-electron chi connectivity index (χ4n) is 8.93. The molecule has 0 radical (unpaired) electrons. The summed E-state index contributed by atoms with van der Waals surface area (Å²) in [5.41, 5.74) is 19.0. The number of hydrogen-bond acceptors (Lipinski definition) is 2. The summed E-state index contributed by atoms with van der Waals surface area (Å²) in [6.45, 7) is 4.70. The summed E-state index contributed by atoms with van der Waals surface area (Å²) in [5, 5.41) is 0. The lowest BCUT2D eigenvalue weighted by atomic mass is 9.82. The monoisotopic (exact) mass is 756 g/mol. The molecule has 2 nitrogen and oxygen atoms in total. The molecule has 9 aromatic carbocycles. The molecule has 0 N–H and O–H groups in total. The summed E-state index contributed by atoms with van der Waals surface area (Å²) in [4.78, 5) is 4.80. The fraction of sp³-hybridized carbons (Fsp3) is 0.0526. The van der Waals surface area contributed by atoms with Crippen molar-refractivity contribution in [1.29, 1.82) is 0 Å². The number of nitrogens with zero attached hydrogens (tertiary/aromatic N) is 2. The first-order valence-electron chi connectivity index (χ1n) is 20.4. The van der Waals surface area contributed by atoms with Crippen LogP contribution in [-0.2, 0) is 5.41 Å². The van der Waals surface area contributed by atoms with Crippen LogP contribution in [-0.4, -0.2) is 0 Å². The summed E-state index contributed by atoms with van der Waals surface area (Å²) in [6, 6.07) is 83.4. The molecule has 1 aliphatic rings. The predicted octanol–water partition coefficient (Wildman–Crippen LogP) is 15.9. The zero-order valence-corrected chi connectivity index (χ0v) is 33.3. The molecule has 0 unspecified atom stereocenters. The minimum atomic E-state index is -0.0964. The molecule has 0 amide bonds. The maximum atomic E-state index is 2.42. The second-order valence-corrected chi connectivity index (χ2v) is 15.8. The third kappa shape index (κ3) is 6.59. The highest BCUT2D eigenvalue weighted by atomic mass is 15.2. The fourth-order valence-corrected chi connectivity index (χ4v) is 8.93. The first kappa shape index (κ1) is 36.0. The van der Waals surface area contributed by atoms with Crippen molar-refractivity contribution in [2.75, 3.05) is 9.80 Å². The Labute approximate surface area is 347 Å². The second-order valence-electron chi connectivity index (χ2n) is 15.8. The smallest absolute Gasteiger partial charge is 0.0618 e.